The van der Waals surface area contributed by atoms with Gasteiger partial charge in [-0.3, -0.25) is 9.78 Å². The molecule has 1 fully saturated rings. The molecule has 25 heavy (non-hydrogen) atoms. The second-order valence-electron chi connectivity index (χ2n) is 6.48. The van der Waals surface area contributed by atoms with E-state index in [0.717, 1.165) is 50.0 Å². The molecule has 1 aliphatic rings. The molecule has 2 aromatic heterocycles. The molecule has 1 aliphatic heterocycles. The monoisotopic (exact) mass is 339 g/mol. The van der Waals surface area contributed by atoms with Gasteiger partial charge >= 0.3 is 0 Å². The smallest absolute Gasteiger partial charge is 0.222 e. The van der Waals surface area contributed by atoms with Crippen LogP contribution >= 0.6 is 0 Å². The van der Waals surface area contributed by atoms with Crippen molar-refractivity contribution in [2.75, 3.05) is 24.1 Å². The normalized spacial score (nSPS) is 17.8. The maximum Gasteiger partial charge on any atom is 0.222 e. The quantitative estimate of drug-likeness (QED) is 0.874. The maximum atomic E-state index is 12.5. The molecule has 0 spiro atoms. The van der Waals surface area contributed by atoms with Gasteiger partial charge in [0.25, 0.3) is 0 Å². The molecule has 0 aromatic carbocycles. The van der Waals surface area contributed by atoms with E-state index in [9.17, 15) is 4.79 Å². The predicted molar refractivity (Wildman–Crippen MR) is 99.0 cm³/mol. The Bertz CT molecular complexity index is 674. The number of carbonyl (C=O) groups is 1. The first-order chi connectivity index (χ1) is 12.2. The summed E-state index contributed by atoms with van der Waals surface area (Å²) in [5, 5.41) is 3.50. The Morgan fingerprint density at radius 1 is 1.20 bits per heavy atom. The Labute approximate surface area is 148 Å². The Kier molecular flexibility index (Phi) is 5.82. The fraction of sp³-hybridized carbons (Fsp3) is 0.421. The standard InChI is InChI=1S/C19H25N5O/c20-18-5-4-17(14-22-18)23-16-2-1-12-24(13-9-16)19(25)6-3-15-7-10-21-11-8-15/h4-5,7-8,10-11,14,16,23H,1-3,6,9,12-13H2,(H2,20,22)/t16-/m0/s1. The third-order valence-corrected chi connectivity index (χ3v) is 4.61. The molecule has 132 valence electrons. The van der Waals surface area contributed by atoms with Gasteiger partial charge in [0.2, 0.25) is 5.91 Å². The number of rotatable bonds is 5. The minimum Gasteiger partial charge on any atom is -0.384 e. The second-order valence-corrected chi connectivity index (χ2v) is 6.48. The van der Waals surface area contributed by atoms with Crippen LogP contribution < -0.4 is 11.1 Å². The highest BCUT2D eigenvalue weighted by molar-refractivity contribution is 5.76. The highest BCUT2D eigenvalue weighted by Crippen LogP contribution is 2.18. The second kappa shape index (κ2) is 8.46. The van der Waals surface area contributed by atoms with Gasteiger partial charge in [-0.1, -0.05) is 0 Å². The first-order valence-electron chi connectivity index (χ1n) is 8.85. The van der Waals surface area contributed by atoms with Crippen LogP contribution in [0.2, 0.25) is 0 Å². The number of aromatic nitrogens is 2. The molecule has 0 saturated carbocycles. The van der Waals surface area contributed by atoms with Crippen LogP contribution in [0, 0.1) is 0 Å². The van der Waals surface area contributed by atoms with E-state index in [0.29, 0.717) is 18.3 Å². The van der Waals surface area contributed by atoms with Gasteiger partial charge < -0.3 is 16.0 Å². The number of nitrogens with one attached hydrogen (secondary N) is 1. The van der Waals surface area contributed by atoms with Crippen molar-refractivity contribution < 1.29 is 4.79 Å². The summed E-state index contributed by atoms with van der Waals surface area (Å²) >= 11 is 0. The Morgan fingerprint density at radius 3 is 2.80 bits per heavy atom. The third-order valence-electron chi connectivity index (χ3n) is 4.61. The summed E-state index contributed by atoms with van der Waals surface area (Å²) < 4.78 is 0. The van der Waals surface area contributed by atoms with Crippen molar-refractivity contribution >= 4 is 17.4 Å². The Hall–Kier alpha value is -2.63. The fourth-order valence-corrected chi connectivity index (χ4v) is 3.18. The molecule has 3 rings (SSSR count). The van der Waals surface area contributed by atoms with Gasteiger partial charge in [0.15, 0.2) is 0 Å². The lowest BCUT2D eigenvalue weighted by Crippen LogP contribution is -2.32. The van der Waals surface area contributed by atoms with Crippen LogP contribution in [0.1, 0.15) is 31.2 Å². The van der Waals surface area contributed by atoms with Crippen LogP contribution in [-0.2, 0) is 11.2 Å². The van der Waals surface area contributed by atoms with Gasteiger partial charge in [-0.05, 0) is 55.5 Å². The Balaban J connectivity index is 1.47. The summed E-state index contributed by atoms with van der Waals surface area (Å²) in [6, 6.07) is 8.05. The van der Waals surface area contributed by atoms with Crippen molar-refractivity contribution in [2.24, 2.45) is 0 Å². The highest BCUT2D eigenvalue weighted by Gasteiger charge is 2.20. The summed E-state index contributed by atoms with van der Waals surface area (Å²) in [7, 11) is 0. The van der Waals surface area contributed by atoms with Crippen molar-refractivity contribution in [3.63, 3.8) is 0 Å². The van der Waals surface area contributed by atoms with Gasteiger partial charge in [0, 0.05) is 37.9 Å². The first kappa shape index (κ1) is 17.2. The number of aryl methyl sites for hydroxylation is 1. The molecule has 6 heteroatoms. The zero-order chi connectivity index (χ0) is 17.5. The van der Waals surface area contributed by atoms with E-state index in [1.807, 2.05) is 23.1 Å². The number of likely N-dealkylation sites (tertiary alicyclic amines) is 1. The van der Waals surface area contributed by atoms with Crippen molar-refractivity contribution in [3.8, 4) is 0 Å². The number of hydrogen-bond donors (Lipinski definition) is 2. The lowest BCUT2D eigenvalue weighted by Gasteiger charge is -2.21. The lowest BCUT2D eigenvalue weighted by atomic mass is 10.1. The first-order valence-corrected chi connectivity index (χ1v) is 8.85. The average molecular weight is 339 g/mol. The number of anilines is 2. The van der Waals surface area contributed by atoms with Crippen LogP contribution in [0.4, 0.5) is 11.5 Å². The summed E-state index contributed by atoms with van der Waals surface area (Å²) in [6.45, 7) is 1.64. The van der Waals surface area contributed by atoms with Gasteiger partial charge in [0.05, 0.1) is 11.9 Å². The maximum absolute atomic E-state index is 12.5. The van der Waals surface area contributed by atoms with Crippen molar-refractivity contribution in [1.29, 1.82) is 0 Å². The number of carbonyl (C=O) groups excluding carboxylic acids is 1. The molecule has 0 bridgehead atoms. The number of nitrogens with zero attached hydrogens (tertiary/aromatic N) is 3. The largest absolute Gasteiger partial charge is 0.384 e. The molecule has 1 amide bonds. The van der Waals surface area contributed by atoms with Crippen molar-refractivity contribution in [3.05, 3.63) is 48.4 Å². The molecule has 3 heterocycles. The van der Waals surface area contributed by atoms with Crippen molar-refractivity contribution in [2.45, 2.75) is 38.1 Å². The number of nitrogen functional groups attached to an aromatic ring is 1. The van der Waals surface area contributed by atoms with E-state index >= 15 is 0 Å². The summed E-state index contributed by atoms with van der Waals surface area (Å²) in [5.41, 5.74) is 7.76. The SMILES string of the molecule is Nc1ccc(N[C@H]2CCCN(C(=O)CCc3ccncc3)CC2)cn1. The summed E-state index contributed by atoms with van der Waals surface area (Å²) in [6.07, 6.45) is 9.66. The topological polar surface area (TPSA) is 84.1 Å². The highest BCUT2D eigenvalue weighted by atomic mass is 16.2. The van der Waals surface area contributed by atoms with Crippen LogP contribution in [-0.4, -0.2) is 39.9 Å². The van der Waals surface area contributed by atoms with E-state index in [2.05, 4.69) is 15.3 Å². The zero-order valence-electron chi connectivity index (χ0n) is 14.4. The minimum absolute atomic E-state index is 0.242. The summed E-state index contributed by atoms with van der Waals surface area (Å²) in [5.74, 6) is 0.768. The number of hydrogen-bond acceptors (Lipinski definition) is 5. The molecule has 0 unspecified atom stereocenters. The summed E-state index contributed by atoms with van der Waals surface area (Å²) in [4.78, 5) is 22.6. The molecular formula is C19H25N5O. The number of nitrogens with two attached hydrogens (primary N) is 1. The molecule has 1 saturated heterocycles. The van der Waals surface area contributed by atoms with Gasteiger partial charge in [0.1, 0.15) is 5.82 Å². The molecular weight excluding hydrogens is 314 g/mol. The van der Waals surface area contributed by atoms with Crippen LogP contribution in [0.3, 0.4) is 0 Å². The average Bonchev–Trinajstić information content (AvgIpc) is 2.88. The molecule has 0 aliphatic carbocycles. The number of amides is 1. The lowest BCUT2D eigenvalue weighted by molar-refractivity contribution is -0.131. The molecule has 2 aromatic rings. The zero-order valence-corrected chi connectivity index (χ0v) is 14.4. The van der Waals surface area contributed by atoms with E-state index < -0.39 is 0 Å². The Morgan fingerprint density at radius 2 is 2.04 bits per heavy atom. The van der Waals surface area contributed by atoms with E-state index in [1.54, 1.807) is 24.7 Å². The van der Waals surface area contributed by atoms with Crippen LogP contribution in [0.25, 0.3) is 0 Å². The van der Waals surface area contributed by atoms with Crippen LogP contribution in [0.5, 0.6) is 0 Å². The van der Waals surface area contributed by atoms with E-state index in [-0.39, 0.29) is 5.91 Å². The van der Waals surface area contributed by atoms with E-state index in [4.69, 9.17) is 5.73 Å². The molecule has 3 N–H and O–H groups in total. The third kappa shape index (κ3) is 5.17. The van der Waals surface area contributed by atoms with Gasteiger partial charge in [-0.15, -0.1) is 0 Å². The number of pyridine rings is 2. The fourth-order valence-electron chi connectivity index (χ4n) is 3.18. The minimum atomic E-state index is 0.242. The van der Waals surface area contributed by atoms with Gasteiger partial charge in [-0.2, -0.15) is 0 Å². The molecule has 1 atom stereocenters. The van der Waals surface area contributed by atoms with Crippen LogP contribution in [0.15, 0.2) is 42.9 Å². The van der Waals surface area contributed by atoms with E-state index in [1.165, 1.54) is 0 Å². The molecule has 6 nitrogen and oxygen atoms in total. The predicted octanol–water partition coefficient (Wildman–Crippen LogP) is 2.48. The van der Waals surface area contributed by atoms with Crippen molar-refractivity contribution in [1.82, 2.24) is 14.9 Å². The molecule has 0 radical (unpaired) electrons. The van der Waals surface area contributed by atoms with Gasteiger partial charge in [-0.25, -0.2) is 4.98 Å².